The summed E-state index contributed by atoms with van der Waals surface area (Å²) in [7, 11) is 1.78. The standard InChI is InChI=1S/C17H26N2O/c1-5-18-13-14-6-7-16-15(12-14)8-10-19(16)11-9-17(2,3)20-4/h6-8,10,12,18H,5,9,11,13H2,1-4H3. The summed E-state index contributed by atoms with van der Waals surface area (Å²) in [6.07, 6.45) is 3.18. The number of hydrogen-bond donors (Lipinski definition) is 1. The van der Waals surface area contributed by atoms with Gasteiger partial charge in [0.05, 0.1) is 5.60 Å². The molecule has 0 aliphatic carbocycles. The normalized spacial score (nSPS) is 12.2. The summed E-state index contributed by atoms with van der Waals surface area (Å²) in [5.41, 5.74) is 2.58. The molecule has 0 spiro atoms. The smallest absolute Gasteiger partial charge is 0.0639 e. The van der Waals surface area contributed by atoms with Crippen molar-refractivity contribution in [3.8, 4) is 0 Å². The van der Waals surface area contributed by atoms with Crippen molar-refractivity contribution in [3.63, 3.8) is 0 Å². The lowest BCUT2D eigenvalue weighted by Gasteiger charge is -2.23. The monoisotopic (exact) mass is 274 g/mol. The zero-order chi connectivity index (χ0) is 14.6. The Labute approximate surface area is 121 Å². The molecule has 20 heavy (non-hydrogen) atoms. The van der Waals surface area contributed by atoms with Crippen LogP contribution in [0.3, 0.4) is 0 Å². The summed E-state index contributed by atoms with van der Waals surface area (Å²) in [6, 6.07) is 8.91. The molecule has 0 amide bonds. The van der Waals surface area contributed by atoms with Crippen molar-refractivity contribution in [2.45, 2.75) is 45.9 Å². The molecule has 1 N–H and O–H groups in total. The number of rotatable bonds is 7. The first-order valence-corrected chi connectivity index (χ1v) is 7.39. The Balaban J connectivity index is 2.12. The molecule has 1 heterocycles. The van der Waals surface area contributed by atoms with Gasteiger partial charge >= 0.3 is 0 Å². The molecule has 1 aromatic carbocycles. The Kier molecular flexibility index (Phi) is 4.84. The van der Waals surface area contributed by atoms with Gasteiger partial charge in [-0.3, -0.25) is 0 Å². The van der Waals surface area contributed by atoms with Gasteiger partial charge in [-0.05, 0) is 56.0 Å². The summed E-state index contributed by atoms with van der Waals surface area (Å²) in [6.45, 7) is 9.32. The van der Waals surface area contributed by atoms with Crippen LogP contribution in [0.4, 0.5) is 0 Å². The topological polar surface area (TPSA) is 26.2 Å². The Bertz CT molecular complexity index is 557. The van der Waals surface area contributed by atoms with Gasteiger partial charge in [-0.15, -0.1) is 0 Å². The molecular formula is C17H26N2O. The van der Waals surface area contributed by atoms with E-state index < -0.39 is 0 Å². The molecule has 0 aliphatic heterocycles. The molecule has 0 fully saturated rings. The van der Waals surface area contributed by atoms with E-state index in [0.29, 0.717) is 0 Å². The number of aryl methyl sites for hydroxylation is 1. The molecule has 2 rings (SSSR count). The molecule has 3 nitrogen and oxygen atoms in total. The fourth-order valence-corrected chi connectivity index (χ4v) is 2.32. The van der Waals surface area contributed by atoms with Crippen LogP contribution in [-0.4, -0.2) is 23.8 Å². The van der Waals surface area contributed by atoms with E-state index in [0.717, 1.165) is 26.1 Å². The SMILES string of the molecule is CCNCc1ccc2c(ccn2CCC(C)(C)OC)c1. The highest BCUT2D eigenvalue weighted by Crippen LogP contribution is 2.21. The van der Waals surface area contributed by atoms with E-state index in [1.165, 1.54) is 16.5 Å². The minimum Gasteiger partial charge on any atom is -0.379 e. The first-order chi connectivity index (χ1) is 9.55. The van der Waals surface area contributed by atoms with Gasteiger partial charge in [0, 0.05) is 31.9 Å². The second-order valence-electron chi connectivity index (χ2n) is 5.90. The minimum absolute atomic E-state index is 0.0679. The van der Waals surface area contributed by atoms with E-state index >= 15 is 0 Å². The third kappa shape index (κ3) is 3.62. The lowest BCUT2D eigenvalue weighted by atomic mass is 10.1. The third-order valence-electron chi connectivity index (χ3n) is 3.92. The molecule has 110 valence electrons. The van der Waals surface area contributed by atoms with Crippen molar-refractivity contribution in [2.24, 2.45) is 0 Å². The zero-order valence-electron chi connectivity index (χ0n) is 13.1. The number of ether oxygens (including phenoxy) is 1. The second-order valence-corrected chi connectivity index (χ2v) is 5.90. The largest absolute Gasteiger partial charge is 0.379 e. The molecule has 0 radical (unpaired) electrons. The third-order valence-corrected chi connectivity index (χ3v) is 3.92. The summed E-state index contributed by atoms with van der Waals surface area (Å²) in [4.78, 5) is 0. The molecule has 2 aromatic rings. The van der Waals surface area contributed by atoms with E-state index in [9.17, 15) is 0 Å². The maximum atomic E-state index is 5.49. The van der Waals surface area contributed by atoms with Crippen LogP contribution >= 0.6 is 0 Å². The molecule has 0 atom stereocenters. The van der Waals surface area contributed by atoms with Crippen LogP contribution < -0.4 is 5.32 Å². The highest BCUT2D eigenvalue weighted by Gasteiger charge is 2.16. The van der Waals surface area contributed by atoms with Gasteiger partial charge in [-0.1, -0.05) is 13.0 Å². The van der Waals surface area contributed by atoms with Crippen LogP contribution in [0.1, 0.15) is 32.8 Å². The first kappa shape index (κ1) is 15.1. The van der Waals surface area contributed by atoms with Gasteiger partial charge in [0.15, 0.2) is 0 Å². The highest BCUT2D eigenvalue weighted by atomic mass is 16.5. The van der Waals surface area contributed by atoms with Crippen molar-refractivity contribution in [1.82, 2.24) is 9.88 Å². The van der Waals surface area contributed by atoms with E-state index in [4.69, 9.17) is 4.74 Å². The van der Waals surface area contributed by atoms with Gasteiger partial charge in [0.25, 0.3) is 0 Å². The first-order valence-electron chi connectivity index (χ1n) is 7.39. The maximum Gasteiger partial charge on any atom is 0.0639 e. The van der Waals surface area contributed by atoms with Gasteiger partial charge in [0.2, 0.25) is 0 Å². The van der Waals surface area contributed by atoms with Crippen molar-refractivity contribution in [3.05, 3.63) is 36.0 Å². The quantitative estimate of drug-likeness (QED) is 0.835. The number of nitrogens with zero attached hydrogens (tertiary/aromatic N) is 1. The lowest BCUT2D eigenvalue weighted by Crippen LogP contribution is -2.24. The number of aromatic nitrogens is 1. The van der Waals surface area contributed by atoms with Crippen molar-refractivity contribution >= 4 is 10.9 Å². The predicted octanol–water partition coefficient (Wildman–Crippen LogP) is 3.57. The summed E-state index contributed by atoms with van der Waals surface area (Å²) in [5, 5.41) is 4.68. The van der Waals surface area contributed by atoms with Crippen molar-refractivity contribution in [1.29, 1.82) is 0 Å². The summed E-state index contributed by atoms with van der Waals surface area (Å²) in [5.74, 6) is 0. The molecule has 0 saturated carbocycles. The fraction of sp³-hybridized carbons (Fsp3) is 0.529. The summed E-state index contributed by atoms with van der Waals surface area (Å²) < 4.78 is 7.80. The van der Waals surface area contributed by atoms with Crippen LogP contribution in [0, 0.1) is 0 Å². The Morgan fingerprint density at radius 1 is 1.25 bits per heavy atom. The average molecular weight is 274 g/mol. The molecule has 3 heteroatoms. The lowest BCUT2D eigenvalue weighted by molar-refractivity contribution is 0.0123. The van der Waals surface area contributed by atoms with Crippen LogP contribution in [-0.2, 0) is 17.8 Å². The fourth-order valence-electron chi connectivity index (χ4n) is 2.32. The van der Waals surface area contributed by atoms with E-state index in [-0.39, 0.29) is 5.60 Å². The summed E-state index contributed by atoms with van der Waals surface area (Å²) >= 11 is 0. The van der Waals surface area contributed by atoms with E-state index in [1.54, 1.807) is 7.11 Å². The van der Waals surface area contributed by atoms with Gasteiger partial charge in [0.1, 0.15) is 0 Å². The molecule has 0 saturated heterocycles. The second kappa shape index (κ2) is 6.42. The Hall–Kier alpha value is -1.32. The van der Waals surface area contributed by atoms with E-state index in [2.05, 4.69) is 61.1 Å². The van der Waals surface area contributed by atoms with Crippen LogP contribution in [0.25, 0.3) is 10.9 Å². The average Bonchev–Trinajstić information content (AvgIpc) is 2.85. The number of nitrogens with one attached hydrogen (secondary N) is 1. The van der Waals surface area contributed by atoms with Gasteiger partial charge < -0.3 is 14.6 Å². The molecular weight excluding hydrogens is 248 g/mol. The van der Waals surface area contributed by atoms with Gasteiger partial charge in [-0.2, -0.15) is 0 Å². The predicted molar refractivity (Wildman–Crippen MR) is 85.0 cm³/mol. The van der Waals surface area contributed by atoms with Crippen LogP contribution in [0.2, 0.25) is 0 Å². The van der Waals surface area contributed by atoms with Crippen LogP contribution in [0.15, 0.2) is 30.5 Å². The number of benzene rings is 1. The molecule has 0 bridgehead atoms. The molecule has 0 unspecified atom stereocenters. The zero-order valence-corrected chi connectivity index (χ0v) is 13.1. The Morgan fingerprint density at radius 2 is 2.05 bits per heavy atom. The number of hydrogen-bond acceptors (Lipinski definition) is 2. The maximum absolute atomic E-state index is 5.49. The minimum atomic E-state index is -0.0679. The highest BCUT2D eigenvalue weighted by molar-refractivity contribution is 5.80. The van der Waals surface area contributed by atoms with Gasteiger partial charge in [-0.25, -0.2) is 0 Å². The van der Waals surface area contributed by atoms with E-state index in [1.807, 2.05) is 0 Å². The number of fused-ring (bicyclic) bond motifs is 1. The number of methoxy groups -OCH3 is 1. The molecule has 0 aliphatic rings. The van der Waals surface area contributed by atoms with Crippen LogP contribution in [0.5, 0.6) is 0 Å². The van der Waals surface area contributed by atoms with Crippen molar-refractivity contribution in [2.75, 3.05) is 13.7 Å². The molecule has 1 aromatic heterocycles. The van der Waals surface area contributed by atoms with Crippen molar-refractivity contribution < 1.29 is 4.74 Å². The Morgan fingerprint density at radius 3 is 2.75 bits per heavy atom.